The van der Waals surface area contributed by atoms with Crippen LogP contribution >= 0.6 is 0 Å². The number of aliphatic hydroxyl groups excluding tert-OH is 2. The summed E-state index contributed by atoms with van der Waals surface area (Å²) in [5, 5.41) is 28.4. The molecule has 4 atom stereocenters. The quantitative estimate of drug-likeness (QED) is 0.129. The zero-order valence-electron chi connectivity index (χ0n) is 19.8. The largest absolute Gasteiger partial charge is 0.388 e. The van der Waals surface area contributed by atoms with Crippen LogP contribution in [0.5, 0.6) is 0 Å². The Kier molecular flexibility index (Phi) is 6.44. The third kappa shape index (κ3) is 4.68. The van der Waals surface area contributed by atoms with Gasteiger partial charge >= 0.3 is 0 Å². The van der Waals surface area contributed by atoms with Crippen LogP contribution in [0.2, 0.25) is 0 Å². The molecule has 0 aliphatic carbocycles. The Labute approximate surface area is 211 Å². The van der Waals surface area contributed by atoms with Crippen LogP contribution in [0, 0.1) is 0 Å². The fraction of sp³-hybridized carbons (Fsp3) is 0.200. The summed E-state index contributed by atoms with van der Waals surface area (Å²) in [6.45, 7) is 1.71. The Morgan fingerprint density at radius 2 is 1.78 bits per heavy atom. The maximum atomic E-state index is 12.2. The van der Waals surface area contributed by atoms with Crippen LogP contribution in [0.25, 0.3) is 22.2 Å². The number of carbonyl (C=O) groups is 1. The third-order valence-corrected chi connectivity index (χ3v) is 6.14. The van der Waals surface area contributed by atoms with Crippen LogP contribution in [-0.2, 0) is 4.74 Å². The van der Waals surface area contributed by atoms with E-state index in [1.165, 1.54) is 6.33 Å². The average Bonchev–Trinajstić information content (AvgIpc) is 3.41. The van der Waals surface area contributed by atoms with Crippen LogP contribution in [0.3, 0.4) is 0 Å². The van der Waals surface area contributed by atoms with E-state index in [0.29, 0.717) is 28.1 Å². The van der Waals surface area contributed by atoms with Crippen molar-refractivity contribution in [1.82, 2.24) is 20.0 Å². The monoisotopic (exact) mass is 502 g/mol. The number of fused-ring (bicyclic) bond motifs is 1. The van der Waals surface area contributed by atoms with E-state index in [2.05, 4.69) is 25.8 Å². The highest BCUT2D eigenvalue weighted by Crippen LogP contribution is 2.39. The predicted octanol–water partition coefficient (Wildman–Crippen LogP) is 1.40. The lowest BCUT2D eigenvalue weighted by Crippen LogP contribution is -2.30. The summed E-state index contributed by atoms with van der Waals surface area (Å²) in [6, 6.07) is 16.4. The number of hydrogen-bond acceptors (Lipinski definition) is 8. The first kappa shape index (κ1) is 24.2. The molecule has 1 amide bonds. The van der Waals surface area contributed by atoms with Crippen molar-refractivity contribution in [2.45, 2.75) is 31.5 Å². The Bertz CT molecular complexity index is 1450. The van der Waals surface area contributed by atoms with E-state index in [4.69, 9.17) is 16.2 Å². The van der Waals surface area contributed by atoms with Gasteiger partial charge in [-0.15, -0.1) is 5.10 Å². The zero-order chi connectivity index (χ0) is 26.1. The topological polar surface area (TPSA) is 186 Å². The first-order valence-corrected chi connectivity index (χ1v) is 11.5. The summed E-state index contributed by atoms with van der Waals surface area (Å²) in [6.07, 6.45) is -0.262. The molecule has 2 aromatic carbocycles. The summed E-state index contributed by atoms with van der Waals surface area (Å²) in [7, 11) is 0. The van der Waals surface area contributed by atoms with Crippen LogP contribution in [-0.4, -0.2) is 54.9 Å². The Morgan fingerprint density at radius 3 is 2.43 bits per heavy atom. The molecule has 1 aliphatic rings. The van der Waals surface area contributed by atoms with E-state index in [-0.39, 0.29) is 5.96 Å². The van der Waals surface area contributed by atoms with Gasteiger partial charge in [0.05, 0.1) is 11.5 Å². The van der Waals surface area contributed by atoms with Gasteiger partial charge in [0.25, 0.3) is 5.91 Å². The molecule has 3 heterocycles. The number of rotatable bonds is 6. The number of nitrogens with zero attached hydrogens (tertiary/aromatic N) is 4. The molecule has 0 bridgehead atoms. The molecule has 0 unspecified atom stereocenters. The minimum Gasteiger partial charge on any atom is -0.388 e. The summed E-state index contributed by atoms with van der Waals surface area (Å²) in [5.41, 5.74) is 16.0. The number of ether oxygens (including phenoxy) is 1. The summed E-state index contributed by atoms with van der Waals surface area (Å²) < 4.78 is 7.60. The maximum absolute atomic E-state index is 12.2. The van der Waals surface area contributed by atoms with Gasteiger partial charge < -0.3 is 36.3 Å². The molecule has 2 aromatic heterocycles. The molecule has 1 aliphatic heterocycles. The zero-order valence-corrected chi connectivity index (χ0v) is 19.8. The lowest BCUT2D eigenvalue weighted by molar-refractivity contribution is -0.0295. The molecule has 8 N–H and O–H groups in total. The Hall–Kier alpha value is -4.52. The lowest BCUT2D eigenvalue weighted by atomic mass is 10.1. The molecule has 0 spiro atoms. The van der Waals surface area contributed by atoms with Gasteiger partial charge in [0.2, 0.25) is 5.96 Å². The van der Waals surface area contributed by atoms with Crippen LogP contribution < -0.4 is 22.2 Å². The molecule has 4 aromatic rings. The van der Waals surface area contributed by atoms with Gasteiger partial charge in [-0.3, -0.25) is 4.79 Å². The summed E-state index contributed by atoms with van der Waals surface area (Å²) >= 11 is 0. The normalized spacial score (nSPS) is 21.1. The second-order valence-electron chi connectivity index (χ2n) is 8.63. The first-order valence-electron chi connectivity index (χ1n) is 11.5. The molecule has 5 rings (SSSR count). The van der Waals surface area contributed by atoms with Gasteiger partial charge in [-0.05, 0) is 36.8 Å². The number of aromatic nitrogens is 3. The van der Waals surface area contributed by atoms with Crippen molar-refractivity contribution in [1.29, 1.82) is 0 Å². The number of anilines is 2. The van der Waals surface area contributed by atoms with Crippen molar-refractivity contribution in [3.63, 3.8) is 0 Å². The number of aliphatic hydroxyl groups is 2. The highest BCUT2D eigenvalue weighted by atomic mass is 16.6. The fourth-order valence-electron chi connectivity index (χ4n) is 4.29. The second kappa shape index (κ2) is 9.85. The van der Waals surface area contributed by atoms with Crippen molar-refractivity contribution in [2.75, 3.05) is 5.32 Å². The van der Waals surface area contributed by atoms with Crippen molar-refractivity contribution in [2.24, 2.45) is 16.6 Å². The number of nitrogens with two attached hydrogens (primary N) is 2. The summed E-state index contributed by atoms with van der Waals surface area (Å²) in [5.74, 6) is -0.194. The van der Waals surface area contributed by atoms with Crippen molar-refractivity contribution < 1.29 is 19.7 Å². The number of guanidine groups is 1. The van der Waals surface area contributed by atoms with Gasteiger partial charge in [0.1, 0.15) is 30.0 Å². The molecule has 37 heavy (non-hydrogen) atoms. The van der Waals surface area contributed by atoms with Crippen LogP contribution in [0.15, 0.2) is 72.2 Å². The minimum atomic E-state index is -1.13. The van der Waals surface area contributed by atoms with Crippen molar-refractivity contribution >= 4 is 34.4 Å². The number of nitrogens with one attached hydrogen (secondary N) is 2. The first-order chi connectivity index (χ1) is 17.8. The molecule has 12 nitrogen and oxygen atoms in total. The fourth-order valence-corrected chi connectivity index (χ4v) is 4.29. The van der Waals surface area contributed by atoms with Gasteiger partial charge in [-0.1, -0.05) is 30.3 Å². The number of benzene rings is 2. The van der Waals surface area contributed by atoms with E-state index in [1.807, 2.05) is 36.5 Å². The van der Waals surface area contributed by atoms with Crippen molar-refractivity contribution in [3.8, 4) is 11.1 Å². The van der Waals surface area contributed by atoms with Gasteiger partial charge in [0.15, 0.2) is 6.23 Å². The van der Waals surface area contributed by atoms with Gasteiger partial charge in [0, 0.05) is 23.0 Å². The van der Waals surface area contributed by atoms with Crippen LogP contribution in [0.1, 0.15) is 23.5 Å². The van der Waals surface area contributed by atoms with Gasteiger partial charge in [-0.2, -0.15) is 0 Å². The smallest absolute Gasteiger partial charge is 0.271 e. The van der Waals surface area contributed by atoms with E-state index >= 15 is 0 Å². The van der Waals surface area contributed by atoms with Crippen LogP contribution in [0.4, 0.5) is 11.5 Å². The van der Waals surface area contributed by atoms with E-state index in [0.717, 1.165) is 11.1 Å². The molecule has 1 saturated heterocycles. The lowest BCUT2D eigenvalue weighted by Gasteiger charge is -2.17. The standard InChI is InChI=1S/C25H26N8O4/c1-13-19(34)20(35)24(37-13)33-11-17(14-5-3-2-4-6-14)18-21(28-12-29-22(18)33)30-16-9-7-15(8-10-16)23(36)31-32-25(26)27/h2-13,19-20,24,34-35H,1H3,(H,31,36)(H4,26,27,32)(H,28,29,30)/t13-,19-,20-,24-/m1/s1. The minimum absolute atomic E-state index is 0.250. The molecule has 0 saturated carbocycles. The molecule has 190 valence electrons. The maximum Gasteiger partial charge on any atom is 0.271 e. The molecule has 12 heteroatoms. The Morgan fingerprint density at radius 1 is 1.05 bits per heavy atom. The molecule has 0 radical (unpaired) electrons. The second-order valence-corrected chi connectivity index (χ2v) is 8.63. The van der Waals surface area contributed by atoms with E-state index < -0.39 is 30.4 Å². The molecule has 1 fully saturated rings. The number of hydrogen-bond donors (Lipinski definition) is 6. The highest BCUT2D eigenvalue weighted by Gasteiger charge is 2.42. The number of amides is 1. The van der Waals surface area contributed by atoms with E-state index in [1.54, 1.807) is 35.8 Å². The number of hydrazone groups is 1. The van der Waals surface area contributed by atoms with Crippen molar-refractivity contribution in [3.05, 3.63) is 72.7 Å². The third-order valence-electron chi connectivity index (χ3n) is 6.14. The molecular weight excluding hydrogens is 476 g/mol. The van der Waals surface area contributed by atoms with E-state index in [9.17, 15) is 15.0 Å². The highest BCUT2D eigenvalue weighted by molar-refractivity contribution is 6.02. The average molecular weight is 503 g/mol. The Balaban J connectivity index is 1.54. The predicted molar refractivity (Wildman–Crippen MR) is 138 cm³/mol. The number of carbonyl (C=O) groups excluding carboxylic acids is 1. The van der Waals surface area contributed by atoms with Gasteiger partial charge in [-0.25, -0.2) is 15.4 Å². The molecular formula is C25H26N8O4. The summed E-state index contributed by atoms with van der Waals surface area (Å²) in [4.78, 5) is 21.1. The SMILES string of the molecule is C[C@H]1O[C@@H](n2cc(-c3ccccc3)c3c(Nc4ccc(C(=O)NN=C(N)N)cc4)ncnc32)[C@H](O)[C@@H]1O.